The number of hydrogen-bond acceptors (Lipinski definition) is 3. The second-order valence-corrected chi connectivity index (χ2v) is 5.55. The number of hydrogen-bond donors (Lipinski definition) is 1. The molecule has 1 heterocycles. The first-order chi connectivity index (χ1) is 9.45. The molecule has 6 heteroatoms. The molecule has 0 aliphatic rings. The summed E-state index contributed by atoms with van der Waals surface area (Å²) in [5.41, 5.74) is 0.479. The van der Waals surface area contributed by atoms with Crippen molar-refractivity contribution in [3.05, 3.63) is 40.5 Å². The van der Waals surface area contributed by atoms with Gasteiger partial charge in [-0.3, -0.25) is 9.48 Å². The molecule has 20 heavy (non-hydrogen) atoms. The van der Waals surface area contributed by atoms with Crippen molar-refractivity contribution in [3.8, 4) is 5.75 Å². The van der Waals surface area contributed by atoms with E-state index in [9.17, 15) is 4.79 Å². The van der Waals surface area contributed by atoms with E-state index in [4.69, 9.17) is 4.74 Å². The molecule has 1 N–H and O–H groups in total. The summed E-state index contributed by atoms with van der Waals surface area (Å²) in [6.07, 6.45) is 1.76. The van der Waals surface area contributed by atoms with Crippen LogP contribution in [0.5, 0.6) is 5.75 Å². The van der Waals surface area contributed by atoms with Crippen LogP contribution in [-0.4, -0.2) is 21.8 Å². The highest BCUT2D eigenvalue weighted by Gasteiger charge is 2.15. The van der Waals surface area contributed by atoms with Gasteiger partial charge in [-0.15, -0.1) is 0 Å². The van der Waals surface area contributed by atoms with E-state index in [0.29, 0.717) is 17.1 Å². The van der Waals surface area contributed by atoms with Crippen molar-refractivity contribution in [1.82, 2.24) is 9.78 Å². The van der Waals surface area contributed by atoms with Crippen molar-refractivity contribution in [2.24, 2.45) is 7.05 Å². The van der Waals surface area contributed by atoms with Gasteiger partial charge >= 0.3 is 0 Å². The van der Waals surface area contributed by atoms with Gasteiger partial charge in [0.2, 0.25) is 0 Å². The molecule has 2 aromatic rings. The van der Waals surface area contributed by atoms with E-state index in [-0.39, 0.29) is 12.0 Å². The van der Waals surface area contributed by atoms with Gasteiger partial charge in [0.25, 0.3) is 5.91 Å². The molecule has 0 saturated heterocycles. The third-order valence-corrected chi connectivity index (χ3v) is 3.00. The minimum atomic E-state index is -0.244. The Bertz CT molecular complexity index is 623. The van der Waals surface area contributed by atoms with Gasteiger partial charge in [0, 0.05) is 23.8 Å². The zero-order chi connectivity index (χ0) is 14.7. The lowest BCUT2D eigenvalue weighted by Crippen LogP contribution is -2.16. The number of nitrogens with one attached hydrogen (secondary N) is 1. The van der Waals surface area contributed by atoms with Gasteiger partial charge in [-0.1, -0.05) is 15.9 Å². The quantitative estimate of drug-likeness (QED) is 0.931. The number of anilines is 1. The van der Waals surface area contributed by atoms with Gasteiger partial charge in [-0.2, -0.15) is 5.10 Å². The summed E-state index contributed by atoms with van der Waals surface area (Å²) in [7, 11) is 1.79. The molecule has 5 nitrogen and oxygen atoms in total. The largest absolute Gasteiger partial charge is 0.490 e. The summed E-state index contributed by atoms with van der Waals surface area (Å²) in [4.78, 5) is 12.3. The molecule has 1 amide bonds. The van der Waals surface area contributed by atoms with Crippen molar-refractivity contribution in [3.63, 3.8) is 0 Å². The predicted molar refractivity (Wildman–Crippen MR) is 81.1 cm³/mol. The second kappa shape index (κ2) is 6.09. The molecule has 0 radical (unpaired) electrons. The maximum Gasteiger partial charge on any atom is 0.260 e. The highest BCUT2D eigenvalue weighted by Crippen LogP contribution is 2.25. The molecule has 2 rings (SSSR count). The lowest BCUT2D eigenvalue weighted by atomic mass is 10.2. The van der Waals surface area contributed by atoms with Crippen LogP contribution in [0.15, 0.2) is 34.9 Å². The third-order valence-electron chi connectivity index (χ3n) is 2.51. The lowest BCUT2D eigenvalue weighted by Gasteiger charge is -2.14. The van der Waals surface area contributed by atoms with E-state index in [0.717, 1.165) is 4.47 Å². The fourth-order valence-corrected chi connectivity index (χ4v) is 2.04. The number of benzene rings is 1. The molecule has 0 saturated carbocycles. The molecule has 0 fully saturated rings. The lowest BCUT2D eigenvalue weighted by molar-refractivity contribution is 0.102. The SMILES string of the molecule is CC(C)Oc1cc(Br)ccc1C(=O)Nc1ccn(C)n1. The first-order valence-electron chi connectivity index (χ1n) is 6.23. The second-order valence-electron chi connectivity index (χ2n) is 4.64. The summed E-state index contributed by atoms with van der Waals surface area (Å²) in [5, 5.41) is 6.86. The summed E-state index contributed by atoms with van der Waals surface area (Å²) >= 11 is 3.38. The van der Waals surface area contributed by atoms with Crippen LogP contribution < -0.4 is 10.1 Å². The Balaban J connectivity index is 2.24. The minimum absolute atomic E-state index is 0.00861. The molecular formula is C14H16BrN3O2. The molecule has 0 aliphatic heterocycles. The van der Waals surface area contributed by atoms with Gasteiger partial charge < -0.3 is 10.1 Å². The highest BCUT2D eigenvalue weighted by atomic mass is 79.9. The molecule has 1 aromatic heterocycles. The van der Waals surface area contributed by atoms with Gasteiger partial charge in [-0.25, -0.2) is 0 Å². The fourth-order valence-electron chi connectivity index (χ4n) is 1.70. The normalized spacial score (nSPS) is 10.7. The molecule has 0 aliphatic carbocycles. The summed E-state index contributed by atoms with van der Waals surface area (Å²) in [6.45, 7) is 3.84. The van der Waals surface area contributed by atoms with Crippen LogP contribution >= 0.6 is 15.9 Å². The number of aryl methyl sites for hydroxylation is 1. The molecule has 0 atom stereocenters. The zero-order valence-corrected chi connectivity index (χ0v) is 13.1. The summed E-state index contributed by atoms with van der Waals surface area (Å²) in [5.74, 6) is 0.811. The van der Waals surface area contributed by atoms with Crippen molar-refractivity contribution in [1.29, 1.82) is 0 Å². The van der Waals surface area contributed by atoms with Crippen LogP contribution in [0.25, 0.3) is 0 Å². The van der Waals surface area contributed by atoms with E-state index in [1.54, 1.807) is 42.2 Å². The molecule has 0 spiro atoms. The van der Waals surface area contributed by atoms with Crippen LogP contribution in [0.4, 0.5) is 5.82 Å². The maximum absolute atomic E-state index is 12.3. The highest BCUT2D eigenvalue weighted by molar-refractivity contribution is 9.10. The van der Waals surface area contributed by atoms with Crippen LogP contribution in [0.1, 0.15) is 24.2 Å². The van der Waals surface area contributed by atoms with E-state index >= 15 is 0 Å². The Labute approximate surface area is 126 Å². The van der Waals surface area contributed by atoms with E-state index in [1.807, 2.05) is 13.8 Å². The van der Waals surface area contributed by atoms with Gasteiger partial charge in [0.15, 0.2) is 5.82 Å². The van der Waals surface area contributed by atoms with Crippen LogP contribution in [0.3, 0.4) is 0 Å². The van der Waals surface area contributed by atoms with Gasteiger partial charge in [0.05, 0.1) is 11.7 Å². The smallest absolute Gasteiger partial charge is 0.260 e. The molecule has 1 aromatic carbocycles. The average molecular weight is 338 g/mol. The van der Waals surface area contributed by atoms with Gasteiger partial charge in [-0.05, 0) is 32.0 Å². The van der Waals surface area contributed by atoms with E-state index < -0.39 is 0 Å². The molecule has 0 bridgehead atoms. The summed E-state index contributed by atoms with van der Waals surface area (Å²) in [6, 6.07) is 7.05. The van der Waals surface area contributed by atoms with Crippen molar-refractivity contribution < 1.29 is 9.53 Å². The topological polar surface area (TPSA) is 56.1 Å². The van der Waals surface area contributed by atoms with Crippen molar-refractivity contribution >= 4 is 27.7 Å². The fraction of sp³-hybridized carbons (Fsp3) is 0.286. The predicted octanol–water partition coefficient (Wildman–Crippen LogP) is 3.22. The monoisotopic (exact) mass is 337 g/mol. The van der Waals surface area contributed by atoms with E-state index in [1.165, 1.54) is 0 Å². The van der Waals surface area contributed by atoms with Crippen LogP contribution in [0.2, 0.25) is 0 Å². The Morgan fingerprint density at radius 3 is 2.75 bits per heavy atom. The first-order valence-corrected chi connectivity index (χ1v) is 7.02. The van der Waals surface area contributed by atoms with E-state index in [2.05, 4.69) is 26.3 Å². The van der Waals surface area contributed by atoms with Crippen LogP contribution in [0, 0.1) is 0 Å². The Morgan fingerprint density at radius 2 is 2.15 bits per heavy atom. The number of halogens is 1. The molecule has 0 unspecified atom stereocenters. The van der Waals surface area contributed by atoms with Gasteiger partial charge in [0.1, 0.15) is 5.75 Å². The third kappa shape index (κ3) is 3.60. The summed E-state index contributed by atoms with van der Waals surface area (Å²) < 4.78 is 8.16. The first kappa shape index (κ1) is 14.6. The number of aromatic nitrogens is 2. The number of carbonyl (C=O) groups is 1. The number of rotatable bonds is 4. The Morgan fingerprint density at radius 1 is 1.40 bits per heavy atom. The Kier molecular flexibility index (Phi) is 4.44. The van der Waals surface area contributed by atoms with Crippen molar-refractivity contribution in [2.45, 2.75) is 20.0 Å². The number of ether oxygens (including phenoxy) is 1. The Hall–Kier alpha value is -1.82. The maximum atomic E-state index is 12.3. The average Bonchev–Trinajstić information content (AvgIpc) is 2.73. The number of carbonyl (C=O) groups excluding carboxylic acids is 1. The van der Waals surface area contributed by atoms with Crippen LogP contribution in [-0.2, 0) is 7.05 Å². The standard InChI is InChI=1S/C14H16BrN3O2/c1-9(2)20-12-8-10(15)4-5-11(12)14(19)16-13-6-7-18(3)17-13/h4-9H,1-3H3,(H,16,17,19). The number of amides is 1. The number of nitrogens with zero attached hydrogens (tertiary/aromatic N) is 2. The van der Waals surface area contributed by atoms with Crippen molar-refractivity contribution in [2.75, 3.05) is 5.32 Å². The molecule has 106 valence electrons. The molecular weight excluding hydrogens is 322 g/mol. The zero-order valence-electron chi connectivity index (χ0n) is 11.6. The minimum Gasteiger partial charge on any atom is -0.490 e.